The predicted molar refractivity (Wildman–Crippen MR) is 116 cm³/mol. The van der Waals surface area contributed by atoms with E-state index in [1.54, 1.807) is 32.4 Å². The third-order valence-corrected chi connectivity index (χ3v) is 5.66. The second kappa shape index (κ2) is 8.69. The van der Waals surface area contributed by atoms with Crippen LogP contribution in [-0.2, 0) is 0 Å². The standard InChI is InChI=1S/C23H19N3O3S/c1-14-5-6-15(2)18(9-14)26-22(27)21(30-23(26)17(12-24)13-25)11-16-7-8-19(28-3)20(10-16)29-4/h5-11H,1-4H3/b21-11-. The maximum Gasteiger partial charge on any atom is 0.273 e. The second-order valence-corrected chi connectivity index (χ2v) is 7.59. The van der Waals surface area contributed by atoms with Crippen molar-refractivity contribution in [2.24, 2.45) is 0 Å². The van der Waals surface area contributed by atoms with Gasteiger partial charge in [0.15, 0.2) is 17.1 Å². The molecule has 0 atom stereocenters. The lowest BCUT2D eigenvalue weighted by Gasteiger charge is -2.08. The fraction of sp³-hybridized carbons (Fsp3) is 0.174. The van der Waals surface area contributed by atoms with Gasteiger partial charge in [0.25, 0.3) is 5.56 Å². The van der Waals surface area contributed by atoms with Gasteiger partial charge in [-0.15, -0.1) is 11.3 Å². The Kier molecular flexibility index (Phi) is 6.06. The van der Waals surface area contributed by atoms with E-state index in [2.05, 4.69) is 0 Å². The molecule has 0 saturated carbocycles. The van der Waals surface area contributed by atoms with Crippen molar-refractivity contribution >= 4 is 23.0 Å². The number of aromatic nitrogens is 1. The number of ether oxygens (including phenoxy) is 2. The largest absolute Gasteiger partial charge is 0.493 e. The number of hydrogen-bond donors (Lipinski definition) is 0. The first-order chi connectivity index (χ1) is 14.4. The molecule has 0 fully saturated rings. The number of benzene rings is 2. The number of nitriles is 2. The lowest BCUT2D eigenvalue weighted by molar-refractivity contribution is 0.355. The molecule has 0 bridgehead atoms. The lowest BCUT2D eigenvalue weighted by Crippen LogP contribution is -2.31. The number of hydrogen-bond acceptors (Lipinski definition) is 6. The summed E-state index contributed by atoms with van der Waals surface area (Å²) >= 11 is 1.11. The van der Waals surface area contributed by atoms with E-state index in [1.165, 1.54) is 4.57 Å². The Morgan fingerprint density at radius 1 is 1.03 bits per heavy atom. The molecule has 30 heavy (non-hydrogen) atoms. The van der Waals surface area contributed by atoms with E-state index in [-0.39, 0.29) is 11.1 Å². The van der Waals surface area contributed by atoms with Crippen LogP contribution < -0.4 is 24.2 Å². The number of aryl methyl sites for hydroxylation is 2. The molecule has 0 amide bonds. The minimum absolute atomic E-state index is 0.107. The molecule has 0 aliphatic rings. The van der Waals surface area contributed by atoms with E-state index in [9.17, 15) is 15.3 Å². The minimum Gasteiger partial charge on any atom is -0.493 e. The van der Waals surface area contributed by atoms with Crippen LogP contribution in [0.2, 0.25) is 0 Å². The first-order valence-electron chi connectivity index (χ1n) is 9.01. The molecule has 0 spiro atoms. The molecule has 150 valence electrons. The SMILES string of the molecule is COc1ccc(/C=c2\sc(=C(C#N)C#N)n(-c3cc(C)ccc3C)c2=O)cc1OC. The van der Waals surface area contributed by atoms with Crippen molar-refractivity contribution in [1.29, 1.82) is 10.5 Å². The van der Waals surface area contributed by atoms with Crippen LogP contribution in [0.3, 0.4) is 0 Å². The molecule has 1 heterocycles. The Morgan fingerprint density at radius 3 is 2.37 bits per heavy atom. The summed E-state index contributed by atoms with van der Waals surface area (Å²) in [6.45, 7) is 3.81. The van der Waals surface area contributed by atoms with Crippen LogP contribution in [0.1, 0.15) is 16.7 Å². The van der Waals surface area contributed by atoms with Gasteiger partial charge in [-0.3, -0.25) is 9.36 Å². The number of thiazole rings is 1. The van der Waals surface area contributed by atoms with Crippen molar-refractivity contribution in [1.82, 2.24) is 4.57 Å². The molecular weight excluding hydrogens is 398 g/mol. The van der Waals surface area contributed by atoms with Crippen molar-refractivity contribution in [2.45, 2.75) is 13.8 Å². The van der Waals surface area contributed by atoms with Crippen molar-refractivity contribution in [2.75, 3.05) is 14.2 Å². The molecule has 3 aromatic rings. The van der Waals surface area contributed by atoms with Crippen LogP contribution in [0.15, 0.2) is 41.2 Å². The van der Waals surface area contributed by atoms with Crippen LogP contribution in [0, 0.1) is 36.5 Å². The lowest BCUT2D eigenvalue weighted by atomic mass is 10.1. The zero-order valence-corrected chi connectivity index (χ0v) is 17.8. The van der Waals surface area contributed by atoms with Gasteiger partial charge in [0.2, 0.25) is 0 Å². The Morgan fingerprint density at radius 2 is 1.73 bits per heavy atom. The van der Waals surface area contributed by atoms with Crippen molar-refractivity contribution in [3.05, 3.63) is 72.6 Å². The van der Waals surface area contributed by atoms with Gasteiger partial charge in [0.1, 0.15) is 16.8 Å². The van der Waals surface area contributed by atoms with Crippen LogP contribution in [-0.4, -0.2) is 18.8 Å². The zero-order chi connectivity index (χ0) is 21.8. The Hall–Kier alpha value is -3.81. The molecule has 0 aliphatic carbocycles. The summed E-state index contributed by atoms with van der Waals surface area (Å²) in [6, 6.07) is 14.9. The van der Waals surface area contributed by atoms with Crippen LogP contribution in [0.25, 0.3) is 17.3 Å². The number of methoxy groups -OCH3 is 2. The van der Waals surface area contributed by atoms with E-state index in [0.29, 0.717) is 26.4 Å². The summed E-state index contributed by atoms with van der Waals surface area (Å²) < 4.78 is 12.7. The Labute approximate surface area is 177 Å². The average molecular weight is 417 g/mol. The third-order valence-electron chi connectivity index (χ3n) is 4.57. The summed E-state index contributed by atoms with van der Waals surface area (Å²) in [6.07, 6.45) is 1.71. The van der Waals surface area contributed by atoms with E-state index in [4.69, 9.17) is 9.47 Å². The second-order valence-electron chi connectivity index (χ2n) is 6.56. The Balaban J connectivity index is 2.38. The molecule has 0 N–H and O–H groups in total. The molecule has 0 radical (unpaired) electrons. The highest BCUT2D eigenvalue weighted by atomic mass is 32.1. The summed E-state index contributed by atoms with van der Waals surface area (Å²) in [5.41, 5.74) is 2.84. The highest BCUT2D eigenvalue weighted by Gasteiger charge is 2.13. The van der Waals surface area contributed by atoms with Crippen molar-refractivity contribution in [3.63, 3.8) is 0 Å². The molecule has 3 rings (SSSR count). The zero-order valence-electron chi connectivity index (χ0n) is 17.0. The first kappa shape index (κ1) is 20.9. The van der Waals surface area contributed by atoms with Gasteiger partial charge in [0, 0.05) is 0 Å². The van der Waals surface area contributed by atoms with Crippen LogP contribution in [0.4, 0.5) is 0 Å². The maximum atomic E-state index is 13.3. The fourth-order valence-corrected chi connectivity index (χ4v) is 4.09. The molecule has 2 aromatic carbocycles. The molecule has 7 heteroatoms. The van der Waals surface area contributed by atoms with Crippen molar-refractivity contribution in [3.8, 4) is 29.3 Å². The quantitative estimate of drug-likeness (QED) is 0.651. The first-order valence-corrected chi connectivity index (χ1v) is 9.83. The summed E-state index contributed by atoms with van der Waals surface area (Å²) in [4.78, 5) is 13.3. The average Bonchev–Trinajstić information content (AvgIpc) is 3.06. The maximum absolute atomic E-state index is 13.3. The third kappa shape index (κ3) is 3.84. The molecule has 0 aliphatic heterocycles. The van der Waals surface area contributed by atoms with E-state index >= 15 is 0 Å². The smallest absolute Gasteiger partial charge is 0.273 e. The number of rotatable bonds is 4. The van der Waals surface area contributed by atoms with E-state index in [0.717, 1.165) is 28.0 Å². The van der Waals surface area contributed by atoms with Crippen molar-refractivity contribution < 1.29 is 9.47 Å². The highest BCUT2D eigenvalue weighted by molar-refractivity contribution is 7.07. The summed E-state index contributed by atoms with van der Waals surface area (Å²) in [5, 5.41) is 18.9. The monoisotopic (exact) mass is 417 g/mol. The molecule has 0 saturated heterocycles. The van der Waals surface area contributed by atoms with Gasteiger partial charge in [-0.1, -0.05) is 18.2 Å². The normalized spacial score (nSPS) is 10.9. The summed E-state index contributed by atoms with van der Waals surface area (Å²) in [7, 11) is 3.09. The predicted octanol–water partition coefficient (Wildman–Crippen LogP) is 2.56. The minimum atomic E-state index is -0.290. The Bertz CT molecular complexity index is 1370. The fourth-order valence-electron chi connectivity index (χ4n) is 3.04. The molecule has 0 unspecified atom stereocenters. The van der Waals surface area contributed by atoms with Crippen LogP contribution in [0.5, 0.6) is 11.5 Å². The van der Waals surface area contributed by atoms with E-state index < -0.39 is 0 Å². The van der Waals surface area contributed by atoms with Gasteiger partial charge in [-0.25, -0.2) is 0 Å². The van der Waals surface area contributed by atoms with Gasteiger partial charge < -0.3 is 9.47 Å². The van der Waals surface area contributed by atoms with Gasteiger partial charge in [-0.2, -0.15) is 10.5 Å². The van der Waals surface area contributed by atoms with Gasteiger partial charge in [0.05, 0.1) is 24.4 Å². The molecule has 6 nitrogen and oxygen atoms in total. The van der Waals surface area contributed by atoms with Crippen LogP contribution >= 0.6 is 11.3 Å². The topological polar surface area (TPSA) is 88.0 Å². The van der Waals surface area contributed by atoms with Gasteiger partial charge in [-0.05, 0) is 54.8 Å². The number of nitrogens with zero attached hydrogens (tertiary/aromatic N) is 3. The van der Waals surface area contributed by atoms with E-state index in [1.807, 2.05) is 50.3 Å². The summed E-state index contributed by atoms with van der Waals surface area (Å²) in [5.74, 6) is 1.12. The molecular formula is C23H19N3O3S. The molecule has 1 aromatic heterocycles. The van der Waals surface area contributed by atoms with Gasteiger partial charge >= 0.3 is 0 Å². The highest BCUT2D eigenvalue weighted by Crippen LogP contribution is 2.27.